The van der Waals surface area contributed by atoms with Gasteiger partial charge in [0.1, 0.15) is 5.69 Å². The molecule has 10 heteroatoms. The van der Waals surface area contributed by atoms with Gasteiger partial charge in [-0.05, 0) is 91.1 Å². The fourth-order valence-electron chi connectivity index (χ4n) is 4.55. The summed E-state index contributed by atoms with van der Waals surface area (Å²) < 4.78 is 59.7. The van der Waals surface area contributed by atoms with Crippen molar-refractivity contribution in [1.29, 1.82) is 0 Å². The molecule has 2 fully saturated rings. The fraction of sp³-hybridized carbons (Fsp3) is 0.478. The lowest BCUT2D eigenvalue weighted by atomic mass is 10.1. The van der Waals surface area contributed by atoms with Gasteiger partial charge in [0, 0.05) is 34.4 Å². The lowest BCUT2D eigenvalue weighted by Gasteiger charge is -2.33. The van der Waals surface area contributed by atoms with Crippen LogP contribution in [0, 0.1) is 22.1 Å². The molecular formula is C23H29F2IN4O2S. The normalized spacial score (nSPS) is 18.5. The predicted molar refractivity (Wildman–Crippen MR) is 136 cm³/mol. The smallest absolute Gasteiger partial charge is 0.301 e. The number of halogens is 3. The molecule has 2 aliphatic rings. The molecule has 0 unspecified atom stereocenters. The third kappa shape index (κ3) is 5.95. The van der Waals surface area contributed by atoms with E-state index in [1.165, 1.54) is 36.1 Å². The molecule has 0 bridgehead atoms. The average Bonchev–Trinajstić information content (AvgIpc) is 3.28. The topological polar surface area (TPSA) is 73.5 Å². The number of hydrogen-bond donors (Lipinski definition) is 3. The molecule has 6 nitrogen and oxygen atoms in total. The van der Waals surface area contributed by atoms with Crippen molar-refractivity contribution in [1.82, 2.24) is 9.62 Å². The Morgan fingerprint density at radius 1 is 0.970 bits per heavy atom. The van der Waals surface area contributed by atoms with Gasteiger partial charge in [0.25, 0.3) is 0 Å². The first-order valence-corrected chi connectivity index (χ1v) is 13.8. The van der Waals surface area contributed by atoms with Gasteiger partial charge in [-0.25, -0.2) is 8.78 Å². The molecular weight excluding hydrogens is 561 g/mol. The maximum Gasteiger partial charge on any atom is 0.301 e. The number of anilines is 3. The molecule has 2 aromatic carbocycles. The maximum atomic E-state index is 14.7. The molecule has 1 saturated carbocycles. The second kappa shape index (κ2) is 10.4. The fourth-order valence-corrected chi connectivity index (χ4v) is 6.47. The molecule has 1 heterocycles. The summed E-state index contributed by atoms with van der Waals surface area (Å²) in [5.74, 6) is -2.19. The summed E-state index contributed by atoms with van der Waals surface area (Å²) >= 11 is 2.17. The van der Waals surface area contributed by atoms with Crippen LogP contribution in [0.3, 0.4) is 0 Å². The van der Waals surface area contributed by atoms with Crippen LogP contribution in [-0.4, -0.2) is 37.9 Å². The molecule has 0 aromatic heterocycles. The molecule has 2 aromatic rings. The Morgan fingerprint density at radius 3 is 2.27 bits per heavy atom. The number of hydrogen-bond acceptors (Lipinski definition) is 4. The van der Waals surface area contributed by atoms with Crippen LogP contribution in [0.15, 0.2) is 30.3 Å². The monoisotopic (exact) mass is 590 g/mol. The summed E-state index contributed by atoms with van der Waals surface area (Å²) in [5, 5.41) is 6.53. The summed E-state index contributed by atoms with van der Waals surface area (Å²) in [6.45, 7) is 2.60. The van der Waals surface area contributed by atoms with Crippen LogP contribution in [0.25, 0.3) is 0 Å². The van der Waals surface area contributed by atoms with E-state index >= 15 is 0 Å². The number of nitrogens with one attached hydrogen (secondary N) is 3. The van der Waals surface area contributed by atoms with E-state index in [9.17, 15) is 17.2 Å². The van der Waals surface area contributed by atoms with E-state index in [2.05, 4.69) is 37.9 Å². The minimum atomic E-state index is -3.92. The Labute approximate surface area is 207 Å². The van der Waals surface area contributed by atoms with Gasteiger partial charge in [0.15, 0.2) is 11.6 Å². The van der Waals surface area contributed by atoms with E-state index in [0.29, 0.717) is 30.9 Å². The van der Waals surface area contributed by atoms with Crippen molar-refractivity contribution >= 4 is 49.9 Å². The van der Waals surface area contributed by atoms with Gasteiger partial charge in [-0.1, -0.05) is 12.8 Å². The van der Waals surface area contributed by atoms with Gasteiger partial charge >= 0.3 is 10.2 Å². The highest BCUT2D eigenvalue weighted by Crippen LogP contribution is 2.33. The first-order chi connectivity index (χ1) is 15.7. The first-order valence-electron chi connectivity index (χ1n) is 11.3. The van der Waals surface area contributed by atoms with Crippen LogP contribution in [0.2, 0.25) is 0 Å². The summed E-state index contributed by atoms with van der Waals surface area (Å²) in [6.07, 6.45) is 6.32. The number of aryl methyl sites for hydroxylation is 1. The molecule has 33 heavy (non-hydrogen) atoms. The number of benzene rings is 2. The number of nitrogens with zero attached hydrogens (tertiary/aromatic N) is 1. The average molecular weight is 590 g/mol. The van der Waals surface area contributed by atoms with E-state index in [0.717, 1.165) is 28.0 Å². The van der Waals surface area contributed by atoms with Crippen LogP contribution in [0.5, 0.6) is 0 Å². The van der Waals surface area contributed by atoms with Crippen molar-refractivity contribution in [3.05, 3.63) is 51.1 Å². The molecule has 0 amide bonds. The van der Waals surface area contributed by atoms with Gasteiger partial charge in [0.05, 0.1) is 5.69 Å². The standard InChI is InChI=1S/C23H29F2IN4O2S/c1-15-14-16(26)6-8-20(15)28-23-21(9-7-19(24)22(23)25)29-33(31,32)30-12-10-18(11-13-30)27-17-4-2-3-5-17/h6-9,14,17-18,27-29H,2-5,10-13H2,1H3. The van der Waals surface area contributed by atoms with Crippen LogP contribution < -0.4 is 15.4 Å². The van der Waals surface area contributed by atoms with Crippen molar-refractivity contribution in [3.8, 4) is 0 Å². The third-order valence-corrected chi connectivity index (χ3v) is 8.60. The van der Waals surface area contributed by atoms with E-state index in [4.69, 9.17) is 0 Å². The Hall–Kier alpha value is -1.50. The first kappa shape index (κ1) is 24.6. The van der Waals surface area contributed by atoms with Gasteiger partial charge in [-0.15, -0.1) is 0 Å². The van der Waals surface area contributed by atoms with Crippen LogP contribution in [0.1, 0.15) is 44.1 Å². The minimum absolute atomic E-state index is 0.0296. The summed E-state index contributed by atoms with van der Waals surface area (Å²) in [5.41, 5.74) is 1.13. The zero-order chi connectivity index (χ0) is 23.6. The van der Waals surface area contributed by atoms with Gasteiger partial charge in [0.2, 0.25) is 0 Å². The number of rotatable bonds is 7. The van der Waals surface area contributed by atoms with Gasteiger partial charge in [-0.3, -0.25) is 4.72 Å². The second-order valence-corrected chi connectivity index (χ2v) is 11.7. The Balaban J connectivity index is 1.48. The number of piperidine rings is 1. The Kier molecular flexibility index (Phi) is 7.76. The minimum Gasteiger partial charge on any atom is -0.351 e. The molecule has 1 saturated heterocycles. The highest BCUT2D eigenvalue weighted by molar-refractivity contribution is 14.1. The molecule has 0 radical (unpaired) electrons. The van der Waals surface area contributed by atoms with E-state index in [-0.39, 0.29) is 11.4 Å². The van der Waals surface area contributed by atoms with Crippen LogP contribution >= 0.6 is 22.6 Å². The summed E-state index contributed by atoms with van der Waals surface area (Å²) in [6, 6.07) is 8.50. The SMILES string of the molecule is Cc1cc(I)ccc1Nc1c(NS(=O)(=O)N2CCC(NC3CCCC3)CC2)ccc(F)c1F. The molecule has 0 atom stereocenters. The summed E-state index contributed by atoms with van der Waals surface area (Å²) in [7, 11) is -3.92. The van der Waals surface area contributed by atoms with Crippen molar-refractivity contribution in [2.75, 3.05) is 23.1 Å². The highest BCUT2D eigenvalue weighted by Gasteiger charge is 2.30. The largest absolute Gasteiger partial charge is 0.351 e. The van der Waals surface area contributed by atoms with Gasteiger partial charge in [-0.2, -0.15) is 12.7 Å². The van der Waals surface area contributed by atoms with Crippen molar-refractivity contribution < 1.29 is 17.2 Å². The van der Waals surface area contributed by atoms with Crippen LogP contribution in [0.4, 0.5) is 25.8 Å². The Bertz CT molecular complexity index is 1100. The van der Waals surface area contributed by atoms with E-state index in [1.807, 2.05) is 19.1 Å². The zero-order valence-corrected chi connectivity index (χ0v) is 21.5. The van der Waals surface area contributed by atoms with Gasteiger partial charge < -0.3 is 10.6 Å². The third-order valence-electron chi connectivity index (χ3n) is 6.40. The maximum absolute atomic E-state index is 14.7. The Morgan fingerprint density at radius 2 is 1.61 bits per heavy atom. The quantitative estimate of drug-likeness (QED) is 0.384. The highest BCUT2D eigenvalue weighted by atomic mass is 127. The van der Waals surface area contributed by atoms with Crippen LogP contribution in [-0.2, 0) is 10.2 Å². The molecule has 4 rings (SSSR count). The van der Waals surface area contributed by atoms with Crippen molar-refractivity contribution in [2.45, 2.75) is 57.5 Å². The summed E-state index contributed by atoms with van der Waals surface area (Å²) in [4.78, 5) is 0. The van der Waals surface area contributed by atoms with Crippen molar-refractivity contribution in [3.63, 3.8) is 0 Å². The molecule has 1 aliphatic carbocycles. The second-order valence-electron chi connectivity index (χ2n) is 8.80. The predicted octanol–water partition coefficient (Wildman–Crippen LogP) is 5.27. The van der Waals surface area contributed by atoms with E-state index in [1.54, 1.807) is 6.07 Å². The zero-order valence-electron chi connectivity index (χ0n) is 18.5. The molecule has 0 spiro atoms. The molecule has 3 N–H and O–H groups in total. The lowest BCUT2D eigenvalue weighted by molar-refractivity contribution is 0.274. The lowest BCUT2D eigenvalue weighted by Crippen LogP contribution is -2.48. The molecule has 180 valence electrons. The molecule has 1 aliphatic heterocycles. The van der Waals surface area contributed by atoms with E-state index < -0.39 is 21.8 Å². The van der Waals surface area contributed by atoms with Crippen molar-refractivity contribution in [2.24, 2.45) is 0 Å².